The molecule has 1 atom stereocenters. The zero-order chi connectivity index (χ0) is 20.1. The Morgan fingerprint density at radius 3 is 2.30 bits per heavy atom. The molecule has 0 aromatic heterocycles. The molecule has 27 heavy (non-hydrogen) atoms. The molecule has 0 aliphatic rings. The number of unbranched alkanes of at least 4 members (excludes halogenated alkanes) is 1. The highest BCUT2D eigenvalue weighted by molar-refractivity contribution is 6.30. The Labute approximate surface area is 163 Å². The van der Waals surface area contributed by atoms with E-state index in [0.29, 0.717) is 23.6 Å². The number of ether oxygens (including phenoxy) is 4. The van der Waals surface area contributed by atoms with Gasteiger partial charge in [-0.2, -0.15) is 0 Å². The van der Waals surface area contributed by atoms with E-state index in [1.807, 2.05) is 0 Å². The molecule has 0 amide bonds. The van der Waals surface area contributed by atoms with Crippen molar-refractivity contribution in [2.24, 2.45) is 0 Å². The van der Waals surface area contributed by atoms with Gasteiger partial charge in [0.25, 0.3) is 0 Å². The van der Waals surface area contributed by atoms with Gasteiger partial charge in [0, 0.05) is 24.8 Å². The number of hydrogen-bond acceptors (Lipinski definition) is 7. The minimum Gasteiger partial charge on any atom is -0.490 e. The largest absolute Gasteiger partial charge is 0.490 e. The van der Waals surface area contributed by atoms with Crippen molar-refractivity contribution in [2.45, 2.75) is 38.7 Å². The maximum Gasteiger partial charge on any atom is 0.310 e. The molecule has 0 heterocycles. The van der Waals surface area contributed by atoms with Crippen LogP contribution in [-0.2, 0) is 28.6 Å². The van der Waals surface area contributed by atoms with Crippen molar-refractivity contribution in [3.8, 4) is 5.75 Å². The van der Waals surface area contributed by atoms with Gasteiger partial charge in [-0.05, 0) is 37.1 Å². The Morgan fingerprint density at radius 1 is 1.07 bits per heavy atom. The van der Waals surface area contributed by atoms with Gasteiger partial charge in [-0.1, -0.05) is 18.2 Å². The molecule has 0 aliphatic heterocycles. The number of carbonyl (C=O) groups is 3. The molecule has 1 aromatic carbocycles. The van der Waals surface area contributed by atoms with Gasteiger partial charge in [-0.15, -0.1) is 0 Å². The number of benzene rings is 1. The highest BCUT2D eigenvalue weighted by atomic mass is 35.5. The fourth-order valence-corrected chi connectivity index (χ4v) is 2.15. The van der Waals surface area contributed by atoms with Crippen LogP contribution >= 0.6 is 11.6 Å². The van der Waals surface area contributed by atoms with E-state index >= 15 is 0 Å². The lowest BCUT2D eigenvalue weighted by Crippen LogP contribution is -2.30. The number of hydrogen-bond donors (Lipinski definition) is 0. The summed E-state index contributed by atoms with van der Waals surface area (Å²) in [5.74, 6) is -0.797. The molecule has 148 valence electrons. The molecule has 1 rings (SSSR count). The Hall–Kier alpha value is -2.54. The maximum absolute atomic E-state index is 11.8. The molecule has 0 N–H and O–H groups in total. The van der Waals surface area contributed by atoms with Gasteiger partial charge in [0.05, 0.1) is 6.26 Å². The molecule has 7 nitrogen and oxygen atoms in total. The van der Waals surface area contributed by atoms with Gasteiger partial charge in [0.2, 0.25) is 0 Å². The second kappa shape index (κ2) is 12.8. The minimum atomic E-state index is -0.732. The summed E-state index contributed by atoms with van der Waals surface area (Å²) < 4.78 is 20.3. The third kappa shape index (κ3) is 10.9. The van der Waals surface area contributed by atoms with E-state index in [9.17, 15) is 14.4 Å². The van der Waals surface area contributed by atoms with Crippen LogP contribution in [0.3, 0.4) is 0 Å². The van der Waals surface area contributed by atoms with E-state index in [-0.39, 0.29) is 26.1 Å². The van der Waals surface area contributed by atoms with E-state index in [1.54, 1.807) is 24.3 Å². The highest BCUT2D eigenvalue weighted by Gasteiger charge is 2.16. The van der Waals surface area contributed by atoms with Gasteiger partial charge in [-0.25, -0.2) is 0 Å². The first-order valence-electron chi connectivity index (χ1n) is 8.42. The predicted molar refractivity (Wildman–Crippen MR) is 98.2 cm³/mol. The topological polar surface area (TPSA) is 88.1 Å². The second-order valence-electron chi connectivity index (χ2n) is 5.54. The summed E-state index contributed by atoms with van der Waals surface area (Å²) in [6, 6.07) is 6.69. The second-order valence-corrected chi connectivity index (χ2v) is 5.98. The number of carbonyl (C=O) groups excluding carboxylic acids is 3. The summed E-state index contributed by atoms with van der Waals surface area (Å²) in [7, 11) is 0. The normalized spacial score (nSPS) is 11.2. The van der Waals surface area contributed by atoms with Crippen LogP contribution in [0.5, 0.6) is 5.75 Å². The first-order chi connectivity index (χ1) is 12.9. The fourth-order valence-electron chi connectivity index (χ4n) is 2.02. The maximum atomic E-state index is 11.8. The molecule has 0 bridgehead atoms. The Balaban J connectivity index is 2.32. The van der Waals surface area contributed by atoms with Gasteiger partial charge in [-0.3, -0.25) is 14.4 Å². The van der Waals surface area contributed by atoms with Crippen LogP contribution in [0.4, 0.5) is 0 Å². The standard InChI is InChI=1S/C19H23ClO7/c1-3-24-18(22)6-4-5-7-19(23)26-13-17(27-14(2)21)12-25-16-10-8-15(20)9-11-16/h3,8-11,17H,1,4-7,12-13H2,2H3/t17-/m0/s1. The Morgan fingerprint density at radius 2 is 1.70 bits per heavy atom. The van der Waals surface area contributed by atoms with Gasteiger partial charge in [0.1, 0.15) is 19.0 Å². The van der Waals surface area contributed by atoms with Crippen molar-refractivity contribution in [1.82, 2.24) is 0 Å². The summed E-state index contributed by atoms with van der Waals surface area (Å²) in [5, 5.41) is 0.575. The van der Waals surface area contributed by atoms with Crippen molar-refractivity contribution in [3.05, 3.63) is 42.1 Å². The molecule has 8 heteroatoms. The monoisotopic (exact) mass is 398 g/mol. The van der Waals surface area contributed by atoms with Crippen LogP contribution in [0.1, 0.15) is 32.6 Å². The minimum absolute atomic E-state index is 0.0296. The lowest BCUT2D eigenvalue weighted by molar-refractivity contribution is -0.159. The highest BCUT2D eigenvalue weighted by Crippen LogP contribution is 2.16. The van der Waals surface area contributed by atoms with Gasteiger partial charge >= 0.3 is 17.9 Å². The summed E-state index contributed by atoms with van der Waals surface area (Å²) in [4.78, 5) is 34.1. The van der Waals surface area contributed by atoms with Crippen molar-refractivity contribution in [2.75, 3.05) is 13.2 Å². The van der Waals surface area contributed by atoms with Crippen molar-refractivity contribution >= 4 is 29.5 Å². The van der Waals surface area contributed by atoms with Crippen LogP contribution in [0, 0.1) is 0 Å². The molecule has 0 saturated carbocycles. The summed E-state index contributed by atoms with van der Waals surface area (Å²) in [6.45, 7) is 4.46. The van der Waals surface area contributed by atoms with Crippen LogP contribution in [0.25, 0.3) is 0 Å². The molecule has 1 aromatic rings. The molecule has 0 spiro atoms. The van der Waals surface area contributed by atoms with Crippen LogP contribution in [-0.4, -0.2) is 37.2 Å². The molecule has 0 fully saturated rings. The van der Waals surface area contributed by atoms with Crippen molar-refractivity contribution in [1.29, 1.82) is 0 Å². The lowest BCUT2D eigenvalue weighted by Gasteiger charge is -2.18. The number of rotatable bonds is 12. The zero-order valence-corrected chi connectivity index (χ0v) is 15.9. The number of esters is 3. The predicted octanol–water partition coefficient (Wildman–Crippen LogP) is 3.44. The van der Waals surface area contributed by atoms with Crippen molar-refractivity contribution in [3.63, 3.8) is 0 Å². The summed E-state index contributed by atoms with van der Waals surface area (Å²) >= 11 is 5.80. The van der Waals surface area contributed by atoms with Crippen LogP contribution in [0.2, 0.25) is 5.02 Å². The van der Waals surface area contributed by atoms with Gasteiger partial charge in [0.15, 0.2) is 6.10 Å². The van der Waals surface area contributed by atoms with E-state index in [0.717, 1.165) is 6.26 Å². The third-order valence-electron chi connectivity index (χ3n) is 3.24. The SMILES string of the molecule is C=COC(=O)CCCCC(=O)OC[C@H](COc1ccc(Cl)cc1)OC(C)=O. The average molecular weight is 399 g/mol. The number of halogens is 1. The Kier molecular flexibility index (Phi) is 10.6. The van der Waals surface area contributed by atoms with Crippen LogP contribution < -0.4 is 4.74 Å². The van der Waals surface area contributed by atoms with E-state index in [1.165, 1.54) is 6.92 Å². The quantitative estimate of drug-likeness (QED) is 0.230. The smallest absolute Gasteiger partial charge is 0.310 e. The molecular weight excluding hydrogens is 376 g/mol. The average Bonchev–Trinajstić information content (AvgIpc) is 2.62. The van der Waals surface area contributed by atoms with E-state index < -0.39 is 24.0 Å². The van der Waals surface area contributed by atoms with Crippen LogP contribution in [0.15, 0.2) is 37.1 Å². The summed E-state index contributed by atoms with van der Waals surface area (Å²) in [6.07, 6.45) is 1.65. The molecular formula is C19H23ClO7. The molecule has 0 saturated heterocycles. The molecule has 0 radical (unpaired) electrons. The molecule has 0 aliphatic carbocycles. The third-order valence-corrected chi connectivity index (χ3v) is 3.49. The summed E-state index contributed by atoms with van der Waals surface area (Å²) in [5.41, 5.74) is 0. The first-order valence-corrected chi connectivity index (χ1v) is 8.80. The zero-order valence-electron chi connectivity index (χ0n) is 15.1. The van der Waals surface area contributed by atoms with E-state index in [2.05, 4.69) is 11.3 Å². The Bertz CT molecular complexity index is 627. The van der Waals surface area contributed by atoms with Crippen molar-refractivity contribution < 1.29 is 33.3 Å². The fraction of sp³-hybridized carbons (Fsp3) is 0.421. The van der Waals surface area contributed by atoms with E-state index in [4.69, 9.17) is 25.8 Å². The first kappa shape index (κ1) is 22.5. The molecule has 0 unspecified atom stereocenters. The lowest BCUT2D eigenvalue weighted by atomic mass is 10.2. The van der Waals surface area contributed by atoms with Gasteiger partial charge < -0.3 is 18.9 Å².